The van der Waals surface area contributed by atoms with Crippen LogP contribution in [-0.4, -0.2) is 19.2 Å². The average molecular weight is 497 g/mol. The molecule has 1 fully saturated rings. The van der Waals surface area contributed by atoms with E-state index in [1.54, 1.807) is 0 Å². The summed E-state index contributed by atoms with van der Waals surface area (Å²) in [4.78, 5) is 11.2. The molecule has 1 heterocycles. The minimum absolute atomic E-state index is 0. The van der Waals surface area contributed by atoms with Crippen LogP contribution in [0.25, 0.3) is 0 Å². The molecule has 0 aliphatic carbocycles. The number of carbonyl (C=O) groups is 1. The number of hydrogen-bond acceptors (Lipinski definition) is 3. The van der Waals surface area contributed by atoms with Gasteiger partial charge in [0, 0.05) is 12.0 Å². The highest BCUT2D eigenvalue weighted by Gasteiger charge is 2.37. The van der Waals surface area contributed by atoms with Crippen molar-refractivity contribution < 1.29 is 35.9 Å². The van der Waals surface area contributed by atoms with E-state index < -0.39 is 36.3 Å². The third-order valence-corrected chi connectivity index (χ3v) is 5.36. The van der Waals surface area contributed by atoms with E-state index in [0.717, 1.165) is 18.5 Å². The second-order valence-corrected chi connectivity index (χ2v) is 7.58. The van der Waals surface area contributed by atoms with Gasteiger partial charge in [-0.3, -0.25) is 4.79 Å². The van der Waals surface area contributed by atoms with E-state index >= 15 is 0 Å². The summed E-state index contributed by atoms with van der Waals surface area (Å²) < 4.78 is 84.3. The number of hydrogen-bond donors (Lipinski definition) is 2. The predicted octanol–water partition coefficient (Wildman–Crippen LogP) is 5.48. The van der Waals surface area contributed by atoms with Gasteiger partial charge < -0.3 is 15.4 Å². The smallest absolute Gasteiger partial charge is 0.353 e. The van der Waals surface area contributed by atoms with Gasteiger partial charge in [-0.05, 0) is 48.7 Å². The Morgan fingerprint density at radius 1 is 1.03 bits per heavy atom. The molecule has 1 saturated heterocycles. The van der Waals surface area contributed by atoms with Crippen LogP contribution in [0.4, 0.5) is 26.3 Å². The van der Waals surface area contributed by atoms with E-state index in [0.29, 0.717) is 25.0 Å². The molecule has 1 aliphatic rings. The summed E-state index contributed by atoms with van der Waals surface area (Å²) in [5.74, 6) is -0.274. The zero-order chi connectivity index (χ0) is 23.4. The Bertz CT molecular complexity index is 876. The number of piperidine rings is 1. The van der Waals surface area contributed by atoms with Crippen LogP contribution >= 0.6 is 12.4 Å². The third kappa shape index (κ3) is 7.09. The van der Waals surface area contributed by atoms with Crippen molar-refractivity contribution in [2.45, 2.75) is 44.1 Å². The number of amides is 1. The minimum atomic E-state index is -4.94. The number of benzene rings is 2. The first kappa shape index (κ1) is 26.9. The van der Waals surface area contributed by atoms with Crippen LogP contribution in [0.2, 0.25) is 0 Å². The van der Waals surface area contributed by atoms with Crippen LogP contribution in [0.3, 0.4) is 0 Å². The second kappa shape index (κ2) is 11.2. The molecule has 3 atom stereocenters. The summed E-state index contributed by atoms with van der Waals surface area (Å²) in [5, 5.41) is 5.87. The van der Waals surface area contributed by atoms with Crippen LogP contribution in [0.5, 0.6) is 0 Å². The van der Waals surface area contributed by atoms with Crippen molar-refractivity contribution in [3.63, 3.8) is 0 Å². The van der Waals surface area contributed by atoms with Gasteiger partial charge in [-0.25, -0.2) is 0 Å². The standard InChI is InChI=1S/C22H22F6N2O2.ClH/c23-21(24,25)16-9-14(10-17(11-16)22(26,27)28)12-32-20(30-13-31)18-7-4-8-29-19(18)15-5-2-1-3-6-15;/h1-3,5-6,9-11,13,18-20,29H,4,7-8,12H2,(H,30,31);1H. The average Bonchev–Trinajstić information content (AvgIpc) is 2.76. The van der Waals surface area contributed by atoms with Crippen LogP contribution in [-0.2, 0) is 28.5 Å². The summed E-state index contributed by atoms with van der Waals surface area (Å²) in [7, 11) is 0. The SMILES string of the molecule is Cl.O=CNC(OCc1cc(C(F)(F)F)cc(C(F)(F)F)c1)C1CCCNC1c1ccccc1. The molecule has 2 aromatic rings. The summed E-state index contributed by atoms with van der Waals surface area (Å²) in [6.07, 6.45) is -8.96. The van der Waals surface area contributed by atoms with Crippen molar-refractivity contribution >= 4 is 18.8 Å². The van der Waals surface area contributed by atoms with Crippen LogP contribution < -0.4 is 10.6 Å². The van der Waals surface area contributed by atoms with E-state index in [4.69, 9.17) is 4.74 Å². The van der Waals surface area contributed by atoms with Gasteiger partial charge in [0.1, 0.15) is 6.23 Å². The number of carbonyl (C=O) groups excluding carboxylic acids is 1. The van der Waals surface area contributed by atoms with Gasteiger partial charge in [-0.15, -0.1) is 12.4 Å². The van der Waals surface area contributed by atoms with Gasteiger partial charge in [0.25, 0.3) is 0 Å². The lowest BCUT2D eigenvalue weighted by molar-refractivity contribution is -0.143. The lowest BCUT2D eigenvalue weighted by atomic mass is 9.85. The second-order valence-electron chi connectivity index (χ2n) is 7.58. The first-order valence-electron chi connectivity index (χ1n) is 9.97. The van der Waals surface area contributed by atoms with E-state index in [-0.39, 0.29) is 36.0 Å². The van der Waals surface area contributed by atoms with E-state index in [2.05, 4.69) is 10.6 Å². The van der Waals surface area contributed by atoms with Gasteiger partial charge in [0.2, 0.25) is 6.41 Å². The summed E-state index contributed by atoms with van der Waals surface area (Å²) >= 11 is 0. The number of ether oxygens (including phenoxy) is 1. The number of rotatable bonds is 7. The van der Waals surface area contributed by atoms with Gasteiger partial charge in [-0.2, -0.15) is 26.3 Å². The fraction of sp³-hybridized carbons (Fsp3) is 0.409. The zero-order valence-electron chi connectivity index (χ0n) is 17.2. The molecule has 3 rings (SSSR count). The Morgan fingerprint density at radius 2 is 1.64 bits per heavy atom. The van der Waals surface area contributed by atoms with E-state index in [9.17, 15) is 31.1 Å². The van der Waals surface area contributed by atoms with Gasteiger partial charge >= 0.3 is 12.4 Å². The highest BCUT2D eigenvalue weighted by Crippen LogP contribution is 2.37. The lowest BCUT2D eigenvalue weighted by Gasteiger charge is -2.37. The quantitative estimate of drug-likeness (QED) is 0.303. The molecule has 0 bridgehead atoms. The van der Waals surface area contributed by atoms with Crippen LogP contribution in [0.1, 0.15) is 41.1 Å². The molecule has 4 nitrogen and oxygen atoms in total. The molecule has 2 N–H and O–H groups in total. The van der Waals surface area contributed by atoms with Crippen molar-refractivity contribution in [1.82, 2.24) is 10.6 Å². The molecule has 33 heavy (non-hydrogen) atoms. The van der Waals surface area contributed by atoms with Gasteiger partial charge in [0.15, 0.2) is 0 Å². The van der Waals surface area contributed by atoms with Crippen molar-refractivity contribution in [2.75, 3.05) is 6.54 Å². The van der Waals surface area contributed by atoms with Crippen LogP contribution in [0, 0.1) is 5.92 Å². The van der Waals surface area contributed by atoms with Gasteiger partial charge in [0.05, 0.1) is 17.7 Å². The maximum absolute atomic E-state index is 13.1. The molecule has 3 unspecified atom stereocenters. The summed E-state index contributed by atoms with van der Waals surface area (Å²) in [6, 6.07) is 10.5. The molecular weight excluding hydrogens is 474 g/mol. The number of halogens is 7. The Kier molecular flexibility index (Phi) is 9.16. The van der Waals surface area contributed by atoms with Crippen molar-refractivity contribution in [2.24, 2.45) is 5.92 Å². The van der Waals surface area contributed by atoms with Crippen LogP contribution in [0.15, 0.2) is 48.5 Å². The largest absolute Gasteiger partial charge is 0.416 e. The normalized spacial score (nSPS) is 19.9. The Labute approximate surface area is 193 Å². The number of nitrogens with one attached hydrogen (secondary N) is 2. The first-order valence-corrected chi connectivity index (χ1v) is 9.97. The maximum Gasteiger partial charge on any atom is 0.416 e. The molecule has 0 radical (unpaired) electrons. The molecule has 0 aromatic heterocycles. The molecule has 0 saturated carbocycles. The fourth-order valence-corrected chi connectivity index (χ4v) is 3.92. The highest BCUT2D eigenvalue weighted by atomic mass is 35.5. The predicted molar refractivity (Wildman–Crippen MR) is 111 cm³/mol. The molecule has 0 spiro atoms. The maximum atomic E-state index is 13.1. The molecule has 11 heteroatoms. The molecule has 1 amide bonds. The monoisotopic (exact) mass is 496 g/mol. The van der Waals surface area contributed by atoms with E-state index in [1.807, 2.05) is 30.3 Å². The third-order valence-electron chi connectivity index (χ3n) is 5.36. The number of alkyl halides is 6. The Morgan fingerprint density at radius 3 is 2.18 bits per heavy atom. The van der Waals surface area contributed by atoms with E-state index in [1.165, 1.54) is 0 Å². The molecule has 182 valence electrons. The van der Waals surface area contributed by atoms with Crippen molar-refractivity contribution in [3.05, 3.63) is 70.8 Å². The topological polar surface area (TPSA) is 50.4 Å². The molecule has 2 aromatic carbocycles. The Hall–Kier alpha value is -2.30. The van der Waals surface area contributed by atoms with Gasteiger partial charge in [-0.1, -0.05) is 30.3 Å². The zero-order valence-corrected chi connectivity index (χ0v) is 18.1. The lowest BCUT2D eigenvalue weighted by Crippen LogP contribution is -2.47. The minimum Gasteiger partial charge on any atom is -0.353 e. The summed E-state index contributed by atoms with van der Waals surface area (Å²) in [6.45, 7) is 0.197. The van der Waals surface area contributed by atoms with Crippen molar-refractivity contribution in [1.29, 1.82) is 0 Å². The highest BCUT2D eigenvalue weighted by molar-refractivity contribution is 5.85. The van der Waals surface area contributed by atoms with Crippen molar-refractivity contribution in [3.8, 4) is 0 Å². The fourth-order valence-electron chi connectivity index (χ4n) is 3.92. The summed E-state index contributed by atoms with van der Waals surface area (Å²) in [5.41, 5.74) is -2.17. The molecular formula is C22H23ClF6N2O2. The molecule has 1 aliphatic heterocycles. The Balaban J connectivity index is 0.00000385. The first-order chi connectivity index (χ1) is 15.1.